The van der Waals surface area contributed by atoms with Crippen LogP contribution in [0.15, 0.2) is 12.1 Å². The molecule has 0 unspecified atom stereocenters. The van der Waals surface area contributed by atoms with Gasteiger partial charge in [0, 0.05) is 11.3 Å². The van der Waals surface area contributed by atoms with Crippen LogP contribution in [-0.2, 0) is 4.74 Å². The molecule has 78 valence electrons. The van der Waals surface area contributed by atoms with Crippen LogP contribution in [-0.4, -0.2) is 29.8 Å². The minimum absolute atomic E-state index is 0.213. The van der Waals surface area contributed by atoms with Gasteiger partial charge in [-0.3, -0.25) is 0 Å². The van der Waals surface area contributed by atoms with E-state index in [1.165, 1.54) is 13.2 Å². The number of aliphatic hydroxyl groups excluding tert-OH is 1. The summed E-state index contributed by atoms with van der Waals surface area (Å²) in [5, 5.41) is 8.54. The molecule has 4 heteroatoms. The Morgan fingerprint density at radius 3 is 2.93 bits per heavy atom. The Morgan fingerprint density at radius 2 is 2.33 bits per heavy atom. The van der Waals surface area contributed by atoms with Crippen molar-refractivity contribution in [2.24, 2.45) is 0 Å². The largest absolute Gasteiger partial charge is 0.464 e. The van der Waals surface area contributed by atoms with Crippen LogP contribution in [0.1, 0.15) is 21.7 Å². The van der Waals surface area contributed by atoms with Crippen molar-refractivity contribution >= 4 is 5.97 Å². The van der Waals surface area contributed by atoms with Crippen LogP contribution in [0.5, 0.6) is 0 Å². The van der Waals surface area contributed by atoms with E-state index in [1.54, 1.807) is 13.0 Å². The van der Waals surface area contributed by atoms with Crippen molar-refractivity contribution in [2.45, 2.75) is 6.92 Å². The summed E-state index contributed by atoms with van der Waals surface area (Å²) in [5.41, 5.74) is 1.54. The fourth-order valence-corrected chi connectivity index (χ4v) is 1.09. The van der Waals surface area contributed by atoms with E-state index in [0.29, 0.717) is 11.3 Å². The molecule has 15 heavy (non-hydrogen) atoms. The van der Waals surface area contributed by atoms with E-state index in [1.807, 2.05) is 0 Å². The van der Waals surface area contributed by atoms with Gasteiger partial charge in [-0.25, -0.2) is 9.78 Å². The quantitative estimate of drug-likeness (QED) is 0.536. The number of aryl methyl sites for hydroxylation is 1. The summed E-state index contributed by atoms with van der Waals surface area (Å²) < 4.78 is 4.55. The lowest BCUT2D eigenvalue weighted by molar-refractivity contribution is 0.0593. The molecule has 0 bridgehead atoms. The van der Waals surface area contributed by atoms with Gasteiger partial charge in [-0.05, 0) is 19.1 Å². The average molecular weight is 205 g/mol. The summed E-state index contributed by atoms with van der Waals surface area (Å²) in [5.74, 6) is 4.71. The zero-order valence-electron chi connectivity index (χ0n) is 8.57. The van der Waals surface area contributed by atoms with E-state index >= 15 is 0 Å². The molecule has 0 saturated heterocycles. The third-order valence-electron chi connectivity index (χ3n) is 1.66. The lowest BCUT2D eigenvalue weighted by Gasteiger charge is -2.00. The topological polar surface area (TPSA) is 59.4 Å². The van der Waals surface area contributed by atoms with Crippen molar-refractivity contribution in [3.63, 3.8) is 0 Å². The third kappa shape index (κ3) is 3.08. The molecule has 1 aromatic rings. The normalized spacial score (nSPS) is 9.00. The number of aromatic nitrogens is 1. The zero-order chi connectivity index (χ0) is 11.3. The van der Waals surface area contributed by atoms with Crippen LogP contribution in [0.4, 0.5) is 0 Å². The number of nitrogens with zero attached hydrogens (tertiary/aromatic N) is 1. The minimum Gasteiger partial charge on any atom is -0.464 e. The number of aliphatic hydroxyl groups is 1. The van der Waals surface area contributed by atoms with Crippen LogP contribution in [0.25, 0.3) is 0 Å². The molecule has 1 N–H and O–H groups in total. The molecule has 1 rings (SSSR count). The maximum atomic E-state index is 11.2. The van der Waals surface area contributed by atoms with Gasteiger partial charge in [0.15, 0.2) is 0 Å². The minimum atomic E-state index is -0.495. The van der Waals surface area contributed by atoms with Crippen molar-refractivity contribution < 1.29 is 14.6 Å². The predicted octanol–water partition coefficient (Wildman–Crippen LogP) is 0.520. The molecule has 0 aliphatic rings. The van der Waals surface area contributed by atoms with Gasteiger partial charge >= 0.3 is 5.97 Å². The molecule has 0 atom stereocenters. The highest BCUT2D eigenvalue weighted by molar-refractivity contribution is 5.87. The van der Waals surface area contributed by atoms with Gasteiger partial charge in [0.1, 0.15) is 12.3 Å². The van der Waals surface area contributed by atoms with Gasteiger partial charge in [0.25, 0.3) is 0 Å². The van der Waals surface area contributed by atoms with E-state index < -0.39 is 5.97 Å². The smallest absolute Gasteiger partial charge is 0.356 e. The number of carbonyl (C=O) groups excluding carboxylic acids is 1. The van der Waals surface area contributed by atoms with Gasteiger partial charge in [0.05, 0.1) is 7.11 Å². The van der Waals surface area contributed by atoms with Crippen LogP contribution >= 0.6 is 0 Å². The highest BCUT2D eigenvalue weighted by Gasteiger charge is 2.08. The van der Waals surface area contributed by atoms with Crippen molar-refractivity contribution in [3.05, 3.63) is 29.1 Å². The molecular weight excluding hydrogens is 194 g/mol. The lowest BCUT2D eigenvalue weighted by atomic mass is 10.2. The zero-order valence-corrected chi connectivity index (χ0v) is 8.57. The third-order valence-corrected chi connectivity index (χ3v) is 1.66. The molecule has 0 aliphatic heterocycles. The fourth-order valence-electron chi connectivity index (χ4n) is 1.09. The summed E-state index contributed by atoms with van der Waals surface area (Å²) >= 11 is 0. The summed E-state index contributed by atoms with van der Waals surface area (Å²) in [6.45, 7) is 1.55. The maximum absolute atomic E-state index is 11.2. The highest BCUT2D eigenvalue weighted by Crippen LogP contribution is 2.05. The van der Waals surface area contributed by atoms with Gasteiger partial charge in [-0.1, -0.05) is 11.8 Å². The van der Waals surface area contributed by atoms with E-state index in [9.17, 15) is 4.79 Å². The molecule has 4 nitrogen and oxygen atoms in total. The molecule has 0 radical (unpaired) electrons. The number of carbonyl (C=O) groups is 1. The Morgan fingerprint density at radius 1 is 1.60 bits per heavy atom. The monoisotopic (exact) mass is 205 g/mol. The molecule has 0 aliphatic carbocycles. The first-order valence-electron chi connectivity index (χ1n) is 4.34. The molecule has 0 saturated carbocycles. The number of methoxy groups -OCH3 is 1. The molecule has 1 heterocycles. The molecule has 0 amide bonds. The van der Waals surface area contributed by atoms with Crippen LogP contribution in [0.3, 0.4) is 0 Å². The maximum Gasteiger partial charge on any atom is 0.356 e. The van der Waals surface area contributed by atoms with Gasteiger partial charge in [-0.2, -0.15) is 0 Å². The second-order valence-corrected chi connectivity index (χ2v) is 2.83. The van der Waals surface area contributed by atoms with Crippen LogP contribution in [0, 0.1) is 18.8 Å². The fraction of sp³-hybridized carbons (Fsp3) is 0.273. The van der Waals surface area contributed by atoms with E-state index in [2.05, 4.69) is 21.6 Å². The van der Waals surface area contributed by atoms with Crippen LogP contribution < -0.4 is 0 Å². The van der Waals surface area contributed by atoms with E-state index in [0.717, 1.165) is 0 Å². The van der Waals surface area contributed by atoms with Crippen molar-refractivity contribution in [2.75, 3.05) is 13.7 Å². The summed E-state index contributed by atoms with van der Waals surface area (Å²) in [6, 6.07) is 3.26. The Labute approximate surface area is 87.9 Å². The molecule has 1 aromatic heterocycles. The highest BCUT2D eigenvalue weighted by atomic mass is 16.5. The second-order valence-electron chi connectivity index (χ2n) is 2.83. The first-order chi connectivity index (χ1) is 7.17. The Kier molecular flexibility index (Phi) is 3.83. The standard InChI is InChI=1S/C11H11NO3/c1-8-6-9(4-3-5-13)7-10(12-8)11(14)15-2/h6-7,13H,5H2,1-2H3. The van der Waals surface area contributed by atoms with Crippen molar-refractivity contribution in [3.8, 4) is 11.8 Å². The molecule has 0 aromatic carbocycles. The number of esters is 1. The number of pyridine rings is 1. The van der Waals surface area contributed by atoms with E-state index in [-0.39, 0.29) is 12.3 Å². The summed E-state index contributed by atoms with van der Waals surface area (Å²) in [7, 11) is 1.30. The average Bonchev–Trinajstić information content (AvgIpc) is 2.24. The van der Waals surface area contributed by atoms with Gasteiger partial charge in [0.2, 0.25) is 0 Å². The van der Waals surface area contributed by atoms with Crippen molar-refractivity contribution in [1.29, 1.82) is 0 Å². The SMILES string of the molecule is COC(=O)c1cc(C#CCO)cc(C)n1. The molecule has 0 spiro atoms. The Bertz CT molecular complexity index is 429. The number of rotatable bonds is 1. The van der Waals surface area contributed by atoms with Crippen LogP contribution in [0.2, 0.25) is 0 Å². The van der Waals surface area contributed by atoms with Gasteiger partial charge in [-0.15, -0.1) is 0 Å². The second kappa shape index (κ2) is 5.13. The lowest BCUT2D eigenvalue weighted by Crippen LogP contribution is -2.05. The number of hydrogen-bond acceptors (Lipinski definition) is 4. The first kappa shape index (κ1) is 11.2. The number of hydrogen-bond donors (Lipinski definition) is 1. The Balaban J connectivity index is 3.10. The summed E-state index contributed by atoms with van der Waals surface area (Å²) in [4.78, 5) is 15.2. The first-order valence-corrected chi connectivity index (χ1v) is 4.34. The van der Waals surface area contributed by atoms with Gasteiger partial charge < -0.3 is 9.84 Å². The molecular formula is C11H11NO3. The van der Waals surface area contributed by atoms with Crippen molar-refractivity contribution in [1.82, 2.24) is 4.98 Å². The summed E-state index contributed by atoms with van der Waals surface area (Å²) in [6.07, 6.45) is 0. The number of ether oxygens (including phenoxy) is 1. The predicted molar refractivity (Wildman–Crippen MR) is 54.3 cm³/mol. The van der Waals surface area contributed by atoms with E-state index in [4.69, 9.17) is 5.11 Å². The molecule has 0 fully saturated rings. The Hall–Kier alpha value is -1.86.